The number of rotatable bonds is 8. The van der Waals surface area contributed by atoms with Gasteiger partial charge in [0.1, 0.15) is 0 Å². The van der Waals surface area contributed by atoms with Crippen LogP contribution >= 0.6 is 0 Å². The number of hydrogen-bond donors (Lipinski definition) is 2. The zero-order valence-electron chi connectivity index (χ0n) is 13.4. The van der Waals surface area contributed by atoms with Crippen LogP contribution in [0.15, 0.2) is 24.3 Å². The summed E-state index contributed by atoms with van der Waals surface area (Å²) in [6, 6.07) is 8.54. The Labute approximate surface area is 123 Å². The average Bonchev–Trinajstić information content (AvgIpc) is 2.40. The normalized spacial score (nSPS) is 11.4. The molecule has 20 heavy (non-hydrogen) atoms. The molecular weight excluding hydrogens is 246 g/mol. The molecule has 0 aliphatic heterocycles. The van der Waals surface area contributed by atoms with E-state index in [4.69, 9.17) is 11.1 Å². The van der Waals surface area contributed by atoms with Crippen LogP contribution in [-0.2, 0) is 0 Å². The maximum absolute atomic E-state index is 7.58. The Balaban J connectivity index is 2.48. The van der Waals surface area contributed by atoms with Crippen molar-refractivity contribution in [2.75, 3.05) is 18.0 Å². The number of anilines is 1. The summed E-state index contributed by atoms with van der Waals surface area (Å²) in [5.41, 5.74) is 8.12. The molecule has 112 valence electrons. The van der Waals surface area contributed by atoms with Gasteiger partial charge in [-0.05, 0) is 38.3 Å². The van der Waals surface area contributed by atoms with Crippen molar-refractivity contribution in [3.05, 3.63) is 29.8 Å². The largest absolute Gasteiger partial charge is 0.387 e. The molecule has 0 atom stereocenters. The molecule has 0 saturated carbocycles. The highest BCUT2D eigenvalue weighted by Gasteiger charge is 2.20. The van der Waals surface area contributed by atoms with E-state index >= 15 is 0 Å². The first-order chi connectivity index (χ1) is 9.38. The van der Waals surface area contributed by atoms with Gasteiger partial charge in [0.05, 0.1) is 5.84 Å². The van der Waals surface area contributed by atoms with Gasteiger partial charge in [0.2, 0.25) is 0 Å². The lowest BCUT2D eigenvalue weighted by molar-refractivity contribution is 0.441. The molecule has 0 aromatic heterocycles. The zero-order chi connectivity index (χ0) is 15.2. The highest BCUT2D eigenvalue weighted by Crippen LogP contribution is 2.24. The lowest BCUT2D eigenvalue weighted by Gasteiger charge is -2.26. The fourth-order valence-electron chi connectivity index (χ4n) is 2.37. The van der Waals surface area contributed by atoms with Crippen LogP contribution in [-0.4, -0.2) is 18.9 Å². The summed E-state index contributed by atoms with van der Waals surface area (Å²) < 4.78 is 0. The first-order valence-corrected chi connectivity index (χ1v) is 7.53. The molecule has 1 aromatic carbocycles. The minimum Gasteiger partial charge on any atom is -0.387 e. The van der Waals surface area contributed by atoms with Crippen LogP contribution in [0.2, 0.25) is 0 Å². The van der Waals surface area contributed by atoms with Crippen LogP contribution in [0.3, 0.4) is 0 Å². The Morgan fingerprint density at radius 2 is 1.90 bits per heavy atom. The molecule has 0 fully saturated rings. The van der Waals surface area contributed by atoms with Crippen molar-refractivity contribution in [2.45, 2.75) is 47.0 Å². The van der Waals surface area contributed by atoms with Crippen molar-refractivity contribution >= 4 is 11.5 Å². The third kappa shape index (κ3) is 4.55. The fourth-order valence-corrected chi connectivity index (χ4v) is 2.37. The summed E-state index contributed by atoms with van der Waals surface area (Å²) in [6.45, 7) is 10.6. The number of benzene rings is 1. The molecule has 0 aliphatic rings. The molecule has 3 heteroatoms. The summed E-state index contributed by atoms with van der Waals surface area (Å²) in [4.78, 5) is 2.43. The maximum atomic E-state index is 7.58. The number of nitrogens with zero attached hydrogens (tertiary/aromatic N) is 1. The Morgan fingerprint density at radius 3 is 2.45 bits per heavy atom. The second-order valence-electron chi connectivity index (χ2n) is 6.12. The highest BCUT2D eigenvalue weighted by atomic mass is 15.1. The number of aryl methyl sites for hydroxylation is 1. The van der Waals surface area contributed by atoms with Crippen molar-refractivity contribution in [1.82, 2.24) is 0 Å². The third-order valence-corrected chi connectivity index (χ3v) is 4.05. The molecular formula is C17H29N3. The lowest BCUT2D eigenvalue weighted by Crippen LogP contribution is -2.31. The van der Waals surface area contributed by atoms with Gasteiger partial charge >= 0.3 is 0 Å². The van der Waals surface area contributed by atoms with Gasteiger partial charge < -0.3 is 10.6 Å². The van der Waals surface area contributed by atoms with E-state index in [1.54, 1.807) is 0 Å². The zero-order valence-corrected chi connectivity index (χ0v) is 13.4. The second kappa shape index (κ2) is 7.32. The number of nitrogens with one attached hydrogen (secondary N) is 1. The molecule has 0 radical (unpaired) electrons. The van der Waals surface area contributed by atoms with E-state index in [1.165, 1.54) is 11.3 Å². The van der Waals surface area contributed by atoms with Crippen LogP contribution in [0.1, 0.15) is 45.6 Å². The van der Waals surface area contributed by atoms with Gasteiger partial charge in [0.25, 0.3) is 0 Å². The van der Waals surface area contributed by atoms with Gasteiger partial charge in [-0.3, -0.25) is 5.41 Å². The van der Waals surface area contributed by atoms with Crippen molar-refractivity contribution in [3.8, 4) is 0 Å². The first kappa shape index (κ1) is 16.5. The van der Waals surface area contributed by atoms with Crippen molar-refractivity contribution in [3.63, 3.8) is 0 Å². The van der Waals surface area contributed by atoms with Gasteiger partial charge in [-0.2, -0.15) is 0 Å². The predicted molar refractivity (Wildman–Crippen MR) is 88.6 cm³/mol. The van der Waals surface area contributed by atoms with Gasteiger partial charge in [-0.25, -0.2) is 0 Å². The summed E-state index contributed by atoms with van der Waals surface area (Å²) in [7, 11) is 0. The minimum absolute atomic E-state index is 0.167. The van der Waals surface area contributed by atoms with Gasteiger partial charge in [-0.15, -0.1) is 0 Å². The van der Waals surface area contributed by atoms with Crippen LogP contribution in [0.25, 0.3) is 0 Å². The predicted octanol–water partition coefficient (Wildman–Crippen LogP) is 3.95. The summed E-state index contributed by atoms with van der Waals surface area (Å²) >= 11 is 0. The summed E-state index contributed by atoms with van der Waals surface area (Å²) in [5, 5.41) is 7.58. The number of nitrogens with two attached hydrogens (primary N) is 1. The quantitative estimate of drug-likeness (QED) is 0.429. The number of hydrogen-bond acceptors (Lipinski definition) is 2. The Kier molecular flexibility index (Phi) is 6.05. The van der Waals surface area contributed by atoms with Crippen molar-refractivity contribution < 1.29 is 0 Å². The SMILES string of the molecule is CCN(CCCCC(C)(C)C(=N)N)c1ccccc1C. The molecule has 1 aromatic rings. The monoisotopic (exact) mass is 275 g/mol. The molecule has 0 saturated heterocycles. The fraction of sp³-hybridized carbons (Fsp3) is 0.588. The number of para-hydroxylation sites is 1. The average molecular weight is 275 g/mol. The molecule has 0 bridgehead atoms. The van der Waals surface area contributed by atoms with E-state index in [9.17, 15) is 0 Å². The van der Waals surface area contributed by atoms with E-state index in [0.717, 1.165) is 32.4 Å². The number of amidine groups is 1. The van der Waals surface area contributed by atoms with Crippen LogP contribution in [0, 0.1) is 17.7 Å². The Hall–Kier alpha value is -1.51. The van der Waals surface area contributed by atoms with Crippen molar-refractivity contribution in [1.29, 1.82) is 5.41 Å². The van der Waals surface area contributed by atoms with Gasteiger partial charge in [0, 0.05) is 24.2 Å². The van der Waals surface area contributed by atoms with Crippen molar-refractivity contribution in [2.24, 2.45) is 11.1 Å². The lowest BCUT2D eigenvalue weighted by atomic mass is 9.86. The minimum atomic E-state index is -0.167. The number of unbranched alkanes of at least 4 members (excludes halogenated alkanes) is 1. The molecule has 0 unspecified atom stereocenters. The maximum Gasteiger partial charge on any atom is 0.0963 e. The van der Waals surface area contributed by atoms with E-state index in [0.29, 0.717) is 5.84 Å². The first-order valence-electron chi connectivity index (χ1n) is 7.53. The second-order valence-corrected chi connectivity index (χ2v) is 6.12. The van der Waals surface area contributed by atoms with E-state index in [1.807, 2.05) is 13.8 Å². The molecule has 0 aliphatic carbocycles. The summed E-state index contributed by atoms with van der Waals surface area (Å²) in [6.07, 6.45) is 3.22. The molecule has 3 nitrogen and oxygen atoms in total. The summed E-state index contributed by atoms with van der Waals surface area (Å²) in [5.74, 6) is 0.295. The molecule has 1 rings (SSSR count). The topological polar surface area (TPSA) is 53.1 Å². The smallest absolute Gasteiger partial charge is 0.0963 e. The van der Waals surface area contributed by atoms with E-state index in [-0.39, 0.29) is 5.41 Å². The van der Waals surface area contributed by atoms with Crippen LogP contribution in [0.4, 0.5) is 5.69 Å². The van der Waals surface area contributed by atoms with E-state index in [2.05, 4.69) is 43.0 Å². The Morgan fingerprint density at radius 1 is 1.25 bits per heavy atom. The molecule has 0 heterocycles. The molecule has 0 spiro atoms. The molecule has 0 amide bonds. The standard InChI is InChI=1S/C17H29N3/c1-5-20(15-11-7-6-10-14(15)2)13-9-8-12-17(3,4)16(18)19/h6-7,10-11H,5,8-9,12-13H2,1-4H3,(H3,18,19). The third-order valence-electron chi connectivity index (χ3n) is 4.05. The van der Waals surface area contributed by atoms with E-state index < -0.39 is 0 Å². The van der Waals surface area contributed by atoms with Gasteiger partial charge in [-0.1, -0.05) is 38.5 Å². The van der Waals surface area contributed by atoms with Gasteiger partial charge in [0.15, 0.2) is 0 Å². The molecule has 3 N–H and O–H groups in total. The van der Waals surface area contributed by atoms with Crippen LogP contribution in [0.5, 0.6) is 0 Å². The highest BCUT2D eigenvalue weighted by molar-refractivity contribution is 5.82. The van der Waals surface area contributed by atoms with Crippen LogP contribution < -0.4 is 10.6 Å². The Bertz CT molecular complexity index is 438.